The number of benzene rings is 1. The Morgan fingerprint density at radius 3 is 2.50 bits per heavy atom. The molecular formula is C16H23N3O2S. The monoisotopic (exact) mass is 321 g/mol. The molecule has 22 heavy (non-hydrogen) atoms. The van der Waals surface area contributed by atoms with Gasteiger partial charge in [0, 0.05) is 42.7 Å². The molecule has 1 fully saturated rings. The molecule has 1 aliphatic heterocycles. The van der Waals surface area contributed by atoms with E-state index in [1.54, 1.807) is 6.92 Å². The molecule has 1 aromatic carbocycles. The molecule has 6 heteroatoms. The summed E-state index contributed by atoms with van der Waals surface area (Å²) in [7, 11) is 0. The Balaban J connectivity index is 1.88. The van der Waals surface area contributed by atoms with E-state index in [2.05, 4.69) is 5.32 Å². The number of carbonyl (C=O) groups is 2. The minimum atomic E-state index is -0.210. The quantitative estimate of drug-likeness (QED) is 0.858. The molecule has 1 unspecified atom stereocenters. The van der Waals surface area contributed by atoms with Crippen LogP contribution in [-0.2, 0) is 16.0 Å². The van der Waals surface area contributed by atoms with Crippen LogP contribution in [0.2, 0.25) is 0 Å². The summed E-state index contributed by atoms with van der Waals surface area (Å²) in [6.07, 6.45) is 0.415. The average molecular weight is 321 g/mol. The third-order valence-corrected chi connectivity index (χ3v) is 4.68. The number of amides is 2. The van der Waals surface area contributed by atoms with Gasteiger partial charge in [0.15, 0.2) is 0 Å². The second-order valence-corrected chi connectivity index (χ2v) is 6.72. The average Bonchev–Trinajstić information content (AvgIpc) is 2.56. The summed E-state index contributed by atoms with van der Waals surface area (Å²) < 4.78 is 0. The highest BCUT2D eigenvalue weighted by atomic mass is 32.2. The minimum Gasteiger partial charge on any atom is -0.341 e. The SMILES string of the molecule is CC(CN)C(=O)Nc1ccc(CC(=O)N2CCSCC2)cc1. The van der Waals surface area contributed by atoms with Crippen LogP contribution in [-0.4, -0.2) is 47.9 Å². The van der Waals surface area contributed by atoms with Crippen molar-refractivity contribution in [2.24, 2.45) is 11.7 Å². The number of nitrogens with zero attached hydrogens (tertiary/aromatic N) is 1. The van der Waals surface area contributed by atoms with Gasteiger partial charge in [-0.3, -0.25) is 9.59 Å². The lowest BCUT2D eigenvalue weighted by Gasteiger charge is -2.26. The first-order chi connectivity index (χ1) is 10.6. The Labute approximate surface area is 135 Å². The molecule has 0 saturated carbocycles. The number of carbonyl (C=O) groups excluding carboxylic acids is 2. The van der Waals surface area contributed by atoms with Crippen molar-refractivity contribution in [1.82, 2.24) is 4.90 Å². The molecule has 2 rings (SSSR count). The molecule has 1 atom stereocenters. The maximum atomic E-state index is 12.2. The van der Waals surface area contributed by atoms with E-state index in [9.17, 15) is 9.59 Å². The Kier molecular flexibility index (Phi) is 6.27. The van der Waals surface area contributed by atoms with Gasteiger partial charge in [0.2, 0.25) is 11.8 Å². The van der Waals surface area contributed by atoms with Gasteiger partial charge in [-0.2, -0.15) is 11.8 Å². The highest BCUT2D eigenvalue weighted by Gasteiger charge is 2.17. The number of nitrogens with two attached hydrogens (primary N) is 1. The lowest BCUT2D eigenvalue weighted by atomic mass is 10.1. The first-order valence-corrected chi connectivity index (χ1v) is 8.71. The number of nitrogens with one attached hydrogen (secondary N) is 1. The standard InChI is InChI=1S/C16H23N3O2S/c1-12(11-17)16(21)18-14-4-2-13(3-5-14)10-15(20)19-6-8-22-9-7-19/h2-5,12H,6-11,17H2,1H3,(H,18,21). The molecule has 2 amide bonds. The molecule has 0 spiro atoms. The van der Waals surface area contributed by atoms with Crippen LogP contribution < -0.4 is 11.1 Å². The lowest BCUT2D eigenvalue weighted by molar-refractivity contribution is -0.130. The number of rotatable bonds is 5. The van der Waals surface area contributed by atoms with E-state index >= 15 is 0 Å². The number of thioether (sulfide) groups is 1. The summed E-state index contributed by atoms with van der Waals surface area (Å²) in [5, 5.41) is 2.82. The molecule has 1 heterocycles. The van der Waals surface area contributed by atoms with Crippen molar-refractivity contribution in [2.45, 2.75) is 13.3 Å². The molecule has 1 aromatic rings. The summed E-state index contributed by atoms with van der Waals surface area (Å²) in [5.41, 5.74) is 7.17. The van der Waals surface area contributed by atoms with Gasteiger partial charge in [0.1, 0.15) is 0 Å². The van der Waals surface area contributed by atoms with E-state index < -0.39 is 0 Å². The van der Waals surface area contributed by atoms with Crippen molar-refractivity contribution in [1.29, 1.82) is 0 Å². The number of hydrogen-bond donors (Lipinski definition) is 2. The lowest BCUT2D eigenvalue weighted by Crippen LogP contribution is -2.38. The summed E-state index contributed by atoms with van der Waals surface area (Å²) in [6.45, 7) is 3.80. The zero-order valence-corrected chi connectivity index (χ0v) is 13.7. The van der Waals surface area contributed by atoms with Crippen LogP contribution in [0, 0.1) is 5.92 Å². The van der Waals surface area contributed by atoms with Gasteiger partial charge in [-0.15, -0.1) is 0 Å². The van der Waals surface area contributed by atoms with E-state index in [0.717, 1.165) is 35.8 Å². The molecule has 0 bridgehead atoms. The van der Waals surface area contributed by atoms with Gasteiger partial charge < -0.3 is 16.0 Å². The zero-order valence-electron chi connectivity index (χ0n) is 12.9. The Bertz CT molecular complexity index is 513. The Hall–Kier alpha value is -1.53. The van der Waals surface area contributed by atoms with Gasteiger partial charge in [0.05, 0.1) is 6.42 Å². The fourth-order valence-corrected chi connectivity index (χ4v) is 3.08. The third-order valence-electron chi connectivity index (χ3n) is 3.74. The van der Waals surface area contributed by atoms with E-state index in [4.69, 9.17) is 5.73 Å². The normalized spacial score (nSPS) is 16.2. The van der Waals surface area contributed by atoms with E-state index in [0.29, 0.717) is 13.0 Å². The van der Waals surface area contributed by atoms with Crippen LogP contribution >= 0.6 is 11.8 Å². The second-order valence-electron chi connectivity index (χ2n) is 5.49. The molecule has 0 radical (unpaired) electrons. The Morgan fingerprint density at radius 1 is 1.27 bits per heavy atom. The predicted octanol–water partition coefficient (Wildman–Crippen LogP) is 1.34. The van der Waals surface area contributed by atoms with Gasteiger partial charge in [-0.1, -0.05) is 19.1 Å². The maximum absolute atomic E-state index is 12.2. The van der Waals surface area contributed by atoms with Crippen molar-refractivity contribution in [2.75, 3.05) is 36.5 Å². The van der Waals surface area contributed by atoms with Crippen LogP contribution in [0.3, 0.4) is 0 Å². The number of anilines is 1. The zero-order chi connectivity index (χ0) is 15.9. The fourth-order valence-electron chi connectivity index (χ4n) is 2.18. The van der Waals surface area contributed by atoms with Crippen molar-refractivity contribution >= 4 is 29.3 Å². The van der Waals surface area contributed by atoms with Crippen LogP contribution in [0.25, 0.3) is 0 Å². The van der Waals surface area contributed by atoms with Crippen LogP contribution in [0.5, 0.6) is 0 Å². The molecule has 0 aliphatic carbocycles. The molecular weight excluding hydrogens is 298 g/mol. The fraction of sp³-hybridized carbons (Fsp3) is 0.500. The molecule has 3 N–H and O–H groups in total. The summed E-state index contributed by atoms with van der Waals surface area (Å²) in [4.78, 5) is 25.9. The van der Waals surface area contributed by atoms with Crippen molar-refractivity contribution in [3.05, 3.63) is 29.8 Å². The second kappa shape index (κ2) is 8.19. The van der Waals surface area contributed by atoms with Gasteiger partial charge in [0.25, 0.3) is 0 Å². The third kappa shape index (κ3) is 4.74. The first-order valence-electron chi connectivity index (χ1n) is 7.55. The summed E-state index contributed by atoms with van der Waals surface area (Å²) in [6, 6.07) is 7.43. The van der Waals surface area contributed by atoms with Gasteiger partial charge in [-0.05, 0) is 17.7 Å². The Morgan fingerprint density at radius 2 is 1.91 bits per heavy atom. The summed E-state index contributed by atoms with van der Waals surface area (Å²) >= 11 is 1.89. The van der Waals surface area contributed by atoms with E-state index in [1.807, 2.05) is 40.9 Å². The minimum absolute atomic E-state index is 0.0860. The highest BCUT2D eigenvalue weighted by Crippen LogP contribution is 2.14. The molecule has 1 saturated heterocycles. The smallest absolute Gasteiger partial charge is 0.228 e. The molecule has 1 aliphatic rings. The topological polar surface area (TPSA) is 75.4 Å². The van der Waals surface area contributed by atoms with Crippen LogP contribution in [0.4, 0.5) is 5.69 Å². The van der Waals surface area contributed by atoms with Crippen LogP contribution in [0.1, 0.15) is 12.5 Å². The van der Waals surface area contributed by atoms with Crippen molar-refractivity contribution in [3.8, 4) is 0 Å². The largest absolute Gasteiger partial charge is 0.341 e. The first kappa shape index (κ1) is 16.8. The van der Waals surface area contributed by atoms with Crippen molar-refractivity contribution < 1.29 is 9.59 Å². The van der Waals surface area contributed by atoms with E-state index in [-0.39, 0.29) is 17.7 Å². The molecule has 5 nitrogen and oxygen atoms in total. The predicted molar refractivity (Wildman–Crippen MR) is 90.9 cm³/mol. The van der Waals surface area contributed by atoms with Crippen LogP contribution in [0.15, 0.2) is 24.3 Å². The van der Waals surface area contributed by atoms with E-state index in [1.165, 1.54) is 0 Å². The molecule has 120 valence electrons. The highest BCUT2D eigenvalue weighted by molar-refractivity contribution is 7.99. The molecule has 0 aromatic heterocycles. The van der Waals surface area contributed by atoms with Gasteiger partial charge in [-0.25, -0.2) is 0 Å². The number of hydrogen-bond acceptors (Lipinski definition) is 4. The van der Waals surface area contributed by atoms with Gasteiger partial charge >= 0.3 is 0 Å². The maximum Gasteiger partial charge on any atom is 0.228 e. The van der Waals surface area contributed by atoms with Crippen molar-refractivity contribution in [3.63, 3.8) is 0 Å². The summed E-state index contributed by atoms with van der Waals surface area (Å²) in [5.74, 6) is 1.93.